The predicted molar refractivity (Wildman–Crippen MR) is 67.3 cm³/mol. The molecule has 4 atom stereocenters. The van der Waals surface area contributed by atoms with E-state index < -0.39 is 0 Å². The van der Waals surface area contributed by atoms with Crippen molar-refractivity contribution in [3.05, 3.63) is 0 Å². The molecule has 1 aliphatic heterocycles. The maximum atomic E-state index is 12.0. The highest BCUT2D eigenvalue weighted by Crippen LogP contribution is 2.63. The number of likely N-dealkylation sites (tertiary alicyclic amines) is 1. The first-order valence-corrected chi connectivity index (χ1v) is 7.06. The number of likely N-dealkylation sites (N-methyl/N-ethyl adjacent to an activating group) is 1. The van der Waals surface area contributed by atoms with Gasteiger partial charge in [0.05, 0.1) is 6.04 Å². The standard InChI is InChI=1S/C14H24N2O/c1-14(8-9-4-3-5-9)10-6-7-11(15)13(17)16(2)12(10)14/h9-12H,3-8,15H2,1-2H3/t10?,11-,12?,14?/m0/s1. The monoisotopic (exact) mass is 236 g/mol. The molecule has 0 bridgehead atoms. The number of carbonyl (C=O) groups excluding carboxylic acids is 1. The average Bonchev–Trinajstić information content (AvgIpc) is 2.85. The van der Waals surface area contributed by atoms with Gasteiger partial charge in [0.25, 0.3) is 0 Å². The van der Waals surface area contributed by atoms with Crippen LogP contribution in [0, 0.1) is 17.3 Å². The van der Waals surface area contributed by atoms with Gasteiger partial charge in [-0.1, -0.05) is 26.2 Å². The van der Waals surface area contributed by atoms with Gasteiger partial charge in [-0.2, -0.15) is 0 Å². The lowest BCUT2D eigenvalue weighted by Gasteiger charge is -2.31. The van der Waals surface area contributed by atoms with Crippen molar-refractivity contribution in [2.45, 2.75) is 57.5 Å². The van der Waals surface area contributed by atoms with Crippen LogP contribution in [0.1, 0.15) is 45.4 Å². The van der Waals surface area contributed by atoms with Crippen molar-refractivity contribution in [2.75, 3.05) is 7.05 Å². The van der Waals surface area contributed by atoms with Gasteiger partial charge in [-0.15, -0.1) is 0 Å². The van der Waals surface area contributed by atoms with E-state index in [4.69, 9.17) is 5.73 Å². The van der Waals surface area contributed by atoms with Crippen LogP contribution in [0.5, 0.6) is 0 Å². The Morgan fingerprint density at radius 3 is 2.65 bits per heavy atom. The van der Waals surface area contributed by atoms with Crippen LogP contribution in [0.25, 0.3) is 0 Å². The van der Waals surface area contributed by atoms with E-state index in [1.165, 1.54) is 25.7 Å². The largest absolute Gasteiger partial charge is 0.341 e. The van der Waals surface area contributed by atoms with Crippen LogP contribution in [0.2, 0.25) is 0 Å². The van der Waals surface area contributed by atoms with Crippen molar-refractivity contribution < 1.29 is 4.79 Å². The molecule has 3 unspecified atom stereocenters. The molecular weight excluding hydrogens is 212 g/mol. The van der Waals surface area contributed by atoms with E-state index in [-0.39, 0.29) is 11.9 Å². The maximum Gasteiger partial charge on any atom is 0.239 e. The lowest BCUT2D eigenvalue weighted by atomic mass is 9.77. The molecule has 0 aromatic heterocycles. The Balaban J connectivity index is 1.72. The van der Waals surface area contributed by atoms with Crippen molar-refractivity contribution in [1.29, 1.82) is 0 Å². The lowest BCUT2D eigenvalue weighted by molar-refractivity contribution is -0.132. The summed E-state index contributed by atoms with van der Waals surface area (Å²) in [6, 6.07) is 0.227. The maximum absolute atomic E-state index is 12.0. The Hall–Kier alpha value is -0.570. The number of nitrogens with two attached hydrogens (primary N) is 1. The van der Waals surface area contributed by atoms with Gasteiger partial charge < -0.3 is 10.6 Å². The van der Waals surface area contributed by atoms with Crippen LogP contribution in [0.15, 0.2) is 0 Å². The van der Waals surface area contributed by atoms with Crippen molar-refractivity contribution in [3.63, 3.8) is 0 Å². The highest BCUT2D eigenvalue weighted by molar-refractivity contribution is 5.82. The van der Waals surface area contributed by atoms with E-state index in [1.54, 1.807) is 0 Å². The van der Waals surface area contributed by atoms with Crippen molar-refractivity contribution in [2.24, 2.45) is 23.0 Å². The molecule has 3 fully saturated rings. The van der Waals surface area contributed by atoms with E-state index >= 15 is 0 Å². The third kappa shape index (κ3) is 1.62. The molecule has 0 aromatic carbocycles. The number of hydrogen-bond donors (Lipinski definition) is 1. The highest BCUT2D eigenvalue weighted by atomic mass is 16.2. The second kappa shape index (κ2) is 3.71. The Labute approximate surface area is 104 Å². The number of amides is 1. The third-order valence-corrected chi connectivity index (χ3v) is 5.62. The summed E-state index contributed by atoms with van der Waals surface area (Å²) in [6.07, 6.45) is 7.58. The second-order valence-corrected chi connectivity index (χ2v) is 6.69. The summed E-state index contributed by atoms with van der Waals surface area (Å²) in [5.41, 5.74) is 6.29. The first kappa shape index (κ1) is 11.5. The van der Waals surface area contributed by atoms with Gasteiger partial charge in [-0.3, -0.25) is 4.79 Å². The van der Waals surface area contributed by atoms with Crippen LogP contribution in [0.3, 0.4) is 0 Å². The summed E-state index contributed by atoms with van der Waals surface area (Å²) in [7, 11) is 1.96. The number of nitrogens with zero attached hydrogens (tertiary/aromatic N) is 1. The molecule has 3 rings (SSSR count). The van der Waals surface area contributed by atoms with E-state index in [1.807, 2.05) is 11.9 Å². The number of rotatable bonds is 2. The Morgan fingerprint density at radius 1 is 1.35 bits per heavy atom. The van der Waals surface area contributed by atoms with Gasteiger partial charge in [0.15, 0.2) is 0 Å². The molecule has 1 heterocycles. The molecule has 2 N–H and O–H groups in total. The summed E-state index contributed by atoms with van der Waals surface area (Å²) >= 11 is 0. The van der Waals surface area contributed by atoms with E-state index in [2.05, 4.69) is 6.92 Å². The zero-order chi connectivity index (χ0) is 12.2. The van der Waals surface area contributed by atoms with E-state index in [0.717, 1.165) is 18.8 Å². The Kier molecular flexibility index (Phi) is 2.51. The fraction of sp³-hybridized carbons (Fsp3) is 0.929. The highest BCUT2D eigenvalue weighted by Gasteiger charge is 2.64. The lowest BCUT2D eigenvalue weighted by Crippen LogP contribution is -2.43. The summed E-state index contributed by atoms with van der Waals surface area (Å²) in [6.45, 7) is 2.39. The third-order valence-electron chi connectivity index (χ3n) is 5.62. The molecule has 0 spiro atoms. The van der Waals surface area contributed by atoms with Gasteiger partial charge >= 0.3 is 0 Å². The first-order valence-electron chi connectivity index (χ1n) is 7.06. The van der Waals surface area contributed by atoms with Crippen LogP contribution in [0.4, 0.5) is 0 Å². The fourth-order valence-corrected chi connectivity index (χ4v) is 4.31. The smallest absolute Gasteiger partial charge is 0.239 e. The quantitative estimate of drug-likeness (QED) is 0.794. The topological polar surface area (TPSA) is 46.3 Å². The number of hydrogen-bond acceptors (Lipinski definition) is 2. The van der Waals surface area contributed by atoms with Crippen LogP contribution in [-0.2, 0) is 4.79 Å². The van der Waals surface area contributed by atoms with Crippen molar-refractivity contribution in [3.8, 4) is 0 Å². The molecule has 17 heavy (non-hydrogen) atoms. The van der Waals surface area contributed by atoms with Gasteiger partial charge in [0.2, 0.25) is 5.91 Å². The number of carbonyl (C=O) groups is 1. The Morgan fingerprint density at radius 2 is 2.06 bits per heavy atom. The summed E-state index contributed by atoms with van der Waals surface area (Å²) in [5, 5.41) is 0. The molecular formula is C14H24N2O. The summed E-state index contributed by atoms with van der Waals surface area (Å²) in [5.74, 6) is 1.81. The molecule has 0 aromatic rings. The van der Waals surface area contributed by atoms with Crippen molar-refractivity contribution >= 4 is 5.91 Å². The van der Waals surface area contributed by atoms with Gasteiger partial charge in [-0.05, 0) is 36.5 Å². The molecule has 3 aliphatic rings. The number of fused-ring (bicyclic) bond motifs is 1. The molecule has 0 radical (unpaired) electrons. The fourth-order valence-electron chi connectivity index (χ4n) is 4.31. The molecule has 1 amide bonds. The molecule has 3 nitrogen and oxygen atoms in total. The molecule has 2 aliphatic carbocycles. The molecule has 96 valence electrons. The van der Waals surface area contributed by atoms with Crippen LogP contribution < -0.4 is 5.73 Å². The minimum absolute atomic E-state index is 0.162. The van der Waals surface area contributed by atoms with Crippen LogP contribution >= 0.6 is 0 Å². The molecule has 3 heteroatoms. The second-order valence-electron chi connectivity index (χ2n) is 6.69. The molecule has 1 saturated heterocycles. The molecule has 2 saturated carbocycles. The zero-order valence-corrected chi connectivity index (χ0v) is 11.0. The van der Waals surface area contributed by atoms with Crippen LogP contribution in [-0.4, -0.2) is 29.9 Å². The SMILES string of the molecule is CN1C(=O)[C@@H](N)CCC2C1C2(C)CC1CCC1. The average molecular weight is 236 g/mol. The van der Waals surface area contributed by atoms with Crippen molar-refractivity contribution in [1.82, 2.24) is 4.90 Å². The van der Waals surface area contributed by atoms with Gasteiger partial charge in [-0.25, -0.2) is 0 Å². The Bertz CT molecular complexity index is 339. The minimum atomic E-state index is -0.249. The summed E-state index contributed by atoms with van der Waals surface area (Å²) < 4.78 is 0. The zero-order valence-electron chi connectivity index (χ0n) is 11.0. The normalized spacial score (nSPS) is 46.2. The first-order chi connectivity index (χ1) is 8.04. The van der Waals surface area contributed by atoms with E-state index in [9.17, 15) is 4.79 Å². The summed E-state index contributed by atoms with van der Waals surface area (Å²) in [4.78, 5) is 14.0. The predicted octanol–water partition coefficient (Wildman–Crippen LogP) is 1.76. The van der Waals surface area contributed by atoms with E-state index in [0.29, 0.717) is 17.4 Å². The van der Waals surface area contributed by atoms with Gasteiger partial charge in [0.1, 0.15) is 0 Å². The van der Waals surface area contributed by atoms with Gasteiger partial charge in [0, 0.05) is 13.1 Å². The minimum Gasteiger partial charge on any atom is -0.341 e.